The summed E-state index contributed by atoms with van der Waals surface area (Å²) in [6, 6.07) is 0.620. The number of nitrogens with zero attached hydrogens (tertiary/aromatic N) is 1. The molecule has 0 saturated heterocycles. The lowest BCUT2D eigenvalue weighted by atomic mass is 9.92. The Balaban J connectivity index is 2.31. The van der Waals surface area contributed by atoms with Gasteiger partial charge >= 0.3 is 0 Å². The van der Waals surface area contributed by atoms with Gasteiger partial charge in [0, 0.05) is 0 Å². The smallest absolute Gasteiger partial charge is 0.247 e. The van der Waals surface area contributed by atoms with E-state index in [2.05, 4.69) is 49.6 Å². The van der Waals surface area contributed by atoms with Crippen molar-refractivity contribution in [2.24, 2.45) is 0 Å². The average Bonchev–Trinajstić information content (AvgIpc) is 3.47. The first-order valence-electron chi connectivity index (χ1n) is 19.3. The predicted octanol–water partition coefficient (Wildman–Crippen LogP) is 13.7. The summed E-state index contributed by atoms with van der Waals surface area (Å²) in [6.07, 6.45) is 47.3. The minimum absolute atomic E-state index is 0.620. The molecule has 0 aliphatic carbocycles. The molecule has 1 aromatic rings. The zero-order chi connectivity index (χ0) is 29.6. The van der Waals surface area contributed by atoms with Gasteiger partial charge in [-0.25, -0.2) is 9.55 Å². The van der Waals surface area contributed by atoms with E-state index < -0.39 is 0 Å². The van der Waals surface area contributed by atoms with Gasteiger partial charge in [-0.15, -0.1) is 0 Å². The molecule has 2 unspecified atom stereocenters. The molecule has 0 fully saturated rings. The summed E-state index contributed by atoms with van der Waals surface area (Å²) in [5, 5.41) is 0. The van der Waals surface area contributed by atoms with Crippen LogP contribution < -0.4 is 4.57 Å². The molecule has 1 N–H and O–H groups in total. The highest BCUT2D eigenvalue weighted by molar-refractivity contribution is 4.90. The van der Waals surface area contributed by atoms with Crippen molar-refractivity contribution in [3.05, 3.63) is 18.2 Å². The highest BCUT2D eigenvalue weighted by atomic mass is 15.1. The maximum atomic E-state index is 3.72. The first-order chi connectivity index (χ1) is 20.2. The molecule has 2 atom stereocenters. The van der Waals surface area contributed by atoms with Gasteiger partial charge in [0.25, 0.3) is 5.82 Å². The summed E-state index contributed by atoms with van der Waals surface area (Å²) in [5.74, 6) is 2.24. The van der Waals surface area contributed by atoms with Gasteiger partial charge in [0.05, 0.1) is 12.0 Å². The largest absolute Gasteiger partial charge is 0.257 e. The monoisotopic (exact) mass is 574 g/mol. The average molecular weight is 574 g/mol. The molecule has 41 heavy (non-hydrogen) atoms. The van der Waals surface area contributed by atoms with Gasteiger partial charge in [0.15, 0.2) is 0 Å². The third-order valence-electron chi connectivity index (χ3n) is 9.64. The van der Waals surface area contributed by atoms with Crippen molar-refractivity contribution in [3.8, 4) is 0 Å². The summed E-state index contributed by atoms with van der Waals surface area (Å²) >= 11 is 0. The second kappa shape index (κ2) is 29.3. The number of aromatic amines is 1. The van der Waals surface area contributed by atoms with Crippen molar-refractivity contribution in [3.63, 3.8) is 0 Å². The van der Waals surface area contributed by atoms with Crippen LogP contribution in [0, 0.1) is 0 Å². The van der Waals surface area contributed by atoms with Gasteiger partial charge in [-0.3, -0.25) is 0 Å². The second-order valence-electron chi connectivity index (χ2n) is 13.6. The molecule has 0 aliphatic heterocycles. The van der Waals surface area contributed by atoms with Crippen LogP contribution >= 0.6 is 0 Å². The Hall–Kier alpha value is -0.790. The summed E-state index contributed by atoms with van der Waals surface area (Å²) < 4.78 is 2.61. The number of aromatic nitrogens is 2. The van der Waals surface area contributed by atoms with Crippen LogP contribution in [0.1, 0.15) is 238 Å². The van der Waals surface area contributed by atoms with Gasteiger partial charge in [0.2, 0.25) is 0 Å². The Morgan fingerprint density at radius 3 is 1.17 bits per heavy atom. The van der Waals surface area contributed by atoms with Crippen molar-refractivity contribution >= 4 is 0 Å². The molecule has 1 rings (SSSR count). The Labute approximate surface area is 259 Å². The quantitative estimate of drug-likeness (QED) is 0.0653. The lowest BCUT2D eigenvalue weighted by Crippen LogP contribution is -2.41. The Morgan fingerprint density at radius 2 is 0.780 bits per heavy atom. The number of imidazole rings is 1. The van der Waals surface area contributed by atoms with Crippen molar-refractivity contribution in [1.29, 1.82) is 0 Å². The van der Waals surface area contributed by atoms with Gasteiger partial charge in [0.1, 0.15) is 12.4 Å². The molecule has 2 heteroatoms. The molecule has 2 nitrogen and oxygen atoms in total. The maximum Gasteiger partial charge on any atom is 0.257 e. The fourth-order valence-corrected chi connectivity index (χ4v) is 6.78. The first kappa shape index (κ1) is 38.2. The topological polar surface area (TPSA) is 19.7 Å². The normalized spacial score (nSPS) is 13.2. The Morgan fingerprint density at radius 1 is 0.463 bits per heavy atom. The Kier molecular flexibility index (Phi) is 27.3. The number of unbranched alkanes of at least 4 members (excludes halogenated alkanes) is 24. The third kappa shape index (κ3) is 21.5. The van der Waals surface area contributed by atoms with Crippen LogP contribution in [0.15, 0.2) is 12.4 Å². The van der Waals surface area contributed by atoms with E-state index in [1.807, 2.05) is 0 Å². The van der Waals surface area contributed by atoms with E-state index in [9.17, 15) is 0 Å². The van der Waals surface area contributed by atoms with Crippen LogP contribution in [-0.2, 0) is 0 Å². The molecule has 0 bridgehead atoms. The molecule has 0 amide bonds. The molecule has 0 spiro atoms. The SMILES string of the molecule is CCCCCCCCCCCCCCCCCC(CCCCCCCCCCC)c1[nH]cc[n+]1C(C)CCCCC. The summed E-state index contributed by atoms with van der Waals surface area (Å²) in [6.45, 7) is 9.38. The van der Waals surface area contributed by atoms with Crippen molar-refractivity contribution < 1.29 is 4.57 Å². The van der Waals surface area contributed by atoms with E-state index in [0.29, 0.717) is 12.0 Å². The van der Waals surface area contributed by atoms with Crippen LogP contribution in [-0.4, -0.2) is 4.98 Å². The lowest BCUT2D eigenvalue weighted by Gasteiger charge is -2.17. The van der Waals surface area contributed by atoms with Crippen LogP contribution in [0.3, 0.4) is 0 Å². The summed E-state index contributed by atoms with van der Waals surface area (Å²) in [4.78, 5) is 3.72. The van der Waals surface area contributed by atoms with Crippen molar-refractivity contribution in [1.82, 2.24) is 4.98 Å². The van der Waals surface area contributed by atoms with Crippen LogP contribution in [0.4, 0.5) is 0 Å². The van der Waals surface area contributed by atoms with Crippen LogP contribution in [0.5, 0.6) is 0 Å². The Bertz CT molecular complexity index is 635. The fraction of sp³-hybridized carbons (Fsp3) is 0.923. The van der Waals surface area contributed by atoms with E-state index in [0.717, 1.165) is 0 Å². The van der Waals surface area contributed by atoms with Gasteiger partial charge < -0.3 is 0 Å². The predicted molar refractivity (Wildman–Crippen MR) is 184 cm³/mol. The van der Waals surface area contributed by atoms with E-state index >= 15 is 0 Å². The minimum atomic E-state index is 0.620. The van der Waals surface area contributed by atoms with Gasteiger partial charge in [-0.2, -0.15) is 0 Å². The fourth-order valence-electron chi connectivity index (χ4n) is 6.78. The van der Waals surface area contributed by atoms with Crippen molar-refractivity contribution in [2.45, 2.75) is 232 Å². The molecular weight excluding hydrogens is 496 g/mol. The molecule has 242 valence electrons. The van der Waals surface area contributed by atoms with Crippen molar-refractivity contribution in [2.75, 3.05) is 0 Å². The summed E-state index contributed by atoms with van der Waals surface area (Å²) in [5.41, 5.74) is 0. The lowest BCUT2D eigenvalue weighted by molar-refractivity contribution is -0.727. The second-order valence-corrected chi connectivity index (χ2v) is 13.6. The standard InChI is InChI=1S/C39H76N2/c1-5-8-11-13-15-17-18-19-20-21-22-24-26-28-31-34-38(33-30-27-25-23-16-14-12-9-6-2)39-40-35-36-41(39)37(4)32-29-10-7-3/h35-38H,5-34H2,1-4H3/p+1. The van der Waals surface area contributed by atoms with E-state index in [-0.39, 0.29) is 0 Å². The van der Waals surface area contributed by atoms with E-state index in [1.165, 1.54) is 198 Å². The molecule has 0 radical (unpaired) electrons. The van der Waals surface area contributed by atoms with E-state index in [1.54, 1.807) is 0 Å². The minimum Gasteiger partial charge on any atom is -0.247 e. The molecule has 0 aromatic carbocycles. The highest BCUT2D eigenvalue weighted by Gasteiger charge is 2.25. The third-order valence-corrected chi connectivity index (χ3v) is 9.64. The number of hydrogen-bond donors (Lipinski definition) is 1. The first-order valence-corrected chi connectivity index (χ1v) is 19.3. The number of H-pyrrole nitrogens is 1. The number of rotatable bonds is 32. The molecular formula is C39H77N2+. The van der Waals surface area contributed by atoms with E-state index in [4.69, 9.17) is 0 Å². The maximum absolute atomic E-state index is 3.72. The molecule has 0 saturated carbocycles. The van der Waals surface area contributed by atoms with Crippen LogP contribution in [0.25, 0.3) is 0 Å². The number of nitrogens with one attached hydrogen (secondary N) is 1. The summed E-state index contributed by atoms with van der Waals surface area (Å²) in [7, 11) is 0. The molecule has 1 aromatic heterocycles. The van der Waals surface area contributed by atoms with Gasteiger partial charge in [-0.05, 0) is 32.6 Å². The molecule has 0 aliphatic rings. The number of hydrogen-bond acceptors (Lipinski definition) is 0. The van der Waals surface area contributed by atoms with Crippen LogP contribution in [0.2, 0.25) is 0 Å². The molecule has 1 heterocycles. The zero-order valence-corrected chi connectivity index (χ0v) is 29.0. The van der Waals surface area contributed by atoms with Gasteiger partial charge in [-0.1, -0.05) is 188 Å². The highest BCUT2D eigenvalue weighted by Crippen LogP contribution is 2.27. The zero-order valence-electron chi connectivity index (χ0n) is 29.0.